The summed E-state index contributed by atoms with van der Waals surface area (Å²) in [6, 6.07) is 1.69. The number of hydrogen-bond donors (Lipinski definition) is 1. The van der Waals surface area contributed by atoms with Crippen molar-refractivity contribution in [3.8, 4) is 0 Å². The van der Waals surface area contributed by atoms with Crippen molar-refractivity contribution in [3.05, 3.63) is 17.5 Å². The molecule has 2 atom stereocenters. The zero-order chi connectivity index (χ0) is 15.6. The van der Waals surface area contributed by atoms with E-state index in [9.17, 15) is 9.59 Å². The van der Waals surface area contributed by atoms with Crippen molar-refractivity contribution in [3.63, 3.8) is 0 Å². The van der Waals surface area contributed by atoms with Gasteiger partial charge in [0.25, 0.3) is 5.91 Å². The second-order valence-electron chi connectivity index (χ2n) is 5.76. The van der Waals surface area contributed by atoms with Gasteiger partial charge in [-0.2, -0.15) is 0 Å². The molecule has 1 aromatic rings. The topological polar surface area (TPSA) is 83.6 Å². The van der Waals surface area contributed by atoms with E-state index in [0.717, 1.165) is 18.5 Å². The number of amides is 1. The van der Waals surface area contributed by atoms with E-state index in [4.69, 9.17) is 9.63 Å². The summed E-state index contributed by atoms with van der Waals surface area (Å²) in [5, 5.41) is 13.1. The van der Waals surface area contributed by atoms with Gasteiger partial charge in [0.1, 0.15) is 0 Å². The normalized spacial score (nSPS) is 22.0. The molecule has 1 aliphatic heterocycles. The van der Waals surface area contributed by atoms with Gasteiger partial charge in [-0.1, -0.05) is 25.9 Å². The van der Waals surface area contributed by atoms with Crippen molar-refractivity contribution < 1.29 is 19.2 Å². The fraction of sp³-hybridized carbons (Fsp3) is 0.667. The maximum Gasteiger partial charge on any atom is 0.308 e. The molecule has 1 aromatic heterocycles. The third kappa shape index (κ3) is 3.09. The number of aromatic nitrogens is 1. The van der Waals surface area contributed by atoms with Gasteiger partial charge in [-0.3, -0.25) is 9.59 Å². The predicted molar refractivity (Wildman–Crippen MR) is 76.0 cm³/mol. The molecule has 1 amide bonds. The molecule has 1 aliphatic rings. The number of carbonyl (C=O) groups excluding carboxylic acids is 1. The Kier molecular flexibility index (Phi) is 4.65. The highest BCUT2D eigenvalue weighted by molar-refractivity contribution is 5.92. The van der Waals surface area contributed by atoms with E-state index in [1.807, 2.05) is 6.92 Å². The summed E-state index contributed by atoms with van der Waals surface area (Å²) in [5.41, 5.74) is 0.797. The van der Waals surface area contributed by atoms with Crippen molar-refractivity contribution in [2.75, 3.05) is 13.1 Å². The number of aliphatic carboxylic acids is 1. The molecule has 0 spiro atoms. The van der Waals surface area contributed by atoms with Gasteiger partial charge in [0.2, 0.25) is 5.76 Å². The van der Waals surface area contributed by atoms with E-state index < -0.39 is 11.9 Å². The van der Waals surface area contributed by atoms with Crippen LogP contribution in [0.4, 0.5) is 0 Å². The first-order valence-electron chi connectivity index (χ1n) is 7.46. The van der Waals surface area contributed by atoms with E-state index in [1.165, 1.54) is 0 Å². The Labute approximate surface area is 124 Å². The average molecular weight is 294 g/mol. The highest BCUT2D eigenvalue weighted by Crippen LogP contribution is 2.27. The monoisotopic (exact) mass is 294 g/mol. The minimum atomic E-state index is -0.854. The van der Waals surface area contributed by atoms with Crippen molar-refractivity contribution in [2.24, 2.45) is 11.8 Å². The average Bonchev–Trinajstić information content (AvgIpc) is 3.06. The smallest absolute Gasteiger partial charge is 0.308 e. The summed E-state index contributed by atoms with van der Waals surface area (Å²) in [6.45, 7) is 6.67. The lowest BCUT2D eigenvalue weighted by molar-refractivity contribution is -0.142. The quantitative estimate of drug-likeness (QED) is 0.901. The van der Waals surface area contributed by atoms with Gasteiger partial charge in [-0.15, -0.1) is 0 Å². The molecule has 0 aliphatic carbocycles. The Morgan fingerprint density at radius 1 is 1.43 bits per heavy atom. The molecule has 0 saturated carbocycles. The number of carboxylic acids is 1. The van der Waals surface area contributed by atoms with Gasteiger partial charge < -0.3 is 14.5 Å². The van der Waals surface area contributed by atoms with Gasteiger partial charge in [0, 0.05) is 25.1 Å². The first kappa shape index (κ1) is 15.5. The van der Waals surface area contributed by atoms with Crippen LogP contribution in [0.2, 0.25) is 0 Å². The lowest BCUT2D eigenvalue weighted by Crippen LogP contribution is -2.29. The predicted octanol–water partition coefficient (Wildman–Crippen LogP) is 2.37. The second kappa shape index (κ2) is 6.28. The molecule has 1 fully saturated rings. The Morgan fingerprint density at radius 2 is 2.10 bits per heavy atom. The third-order valence-corrected chi connectivity index (χ3v) is 4.36. The minimum absolute atomic E-state index is 0.0483. The number of rotatable bonds is 5. The highest BCUT2D eigenvalue weighted by atomic mass is 16.5. The van der Waals surface area contributed by atoms with Crippen molar-refractivity contribution in [2.45, 2.75) is 39.5 Å². The van der Waals surface area contributed by atoms with Crippen LogP contribution < -0.4 is 0 Å². The number of carboxylic acid groups (broad SMARTS) is 1. The van der Waals surface area contributed by atoms with E-state index in [-0.39, 0.29) is 24.1 Å². The van der Waals surface area contributed by atoms with Gasteiger partial charge >= 0.3 is 5.97 Å². The molecule has 1 N–H and O–H groups in total. The van der Waals surface area contributed by atoms with Crippen LogP contribution in [-0.4, -0.2) is 40.1 Å². The molecule has 0 aromatic carbocycles. The fourth-order valence-electron chi connectivity index (χ4n) is 2.90. The summed E-state index contributed by atoms with van der Waals surface area (Å²) >= 11 is 0. The first-order valence-corrected chi connectivity index (χ1v) is 7.46. The largest absolute Gasteiger partial charge is 0.481 e. The summed E-state index contributed by atoms with van der Waals surface area (Å²) in [4.78, 5) is 25.0. The van der Waals surface area contributed by atoms with Gasteiger partial charge in [-0.05, 0) is 18.8 Å². The number of hydrogen-bond acceptors (Lipinski definition) is 4. The molecule has 0 unspecified atom stereocenters. The maximum atomic E-state index is 12.4. The van der Waals surface area contributed by atoms with Crippen LogP contribution >= 0.6 is 0 Å². The van der Waals surface area contributed by atoms with Crippen LogP contribution in [0.25, 0.3) is 0 Å². The van der Waals surface area contributed by atoms with Crippen LogP contribution in [0.1, 0.15) is 55.8 Å². The lowest BCUT2D eigenvalue weighted by Gasteiger charge is -2.13. The fourth-order valence-corrected chi connectivity index (χ4v) is 2.90. The third-order valence-electron chi connectivity index (χ3n) is 4.36. The molecule has 2 rings (SSSR count). The Morgan fingerprint density at radius 3 is 2.62 bits per heavy atom. The van der Waals surface area contributed by atoms with Crippen LogP contribution in [-0.2, 0) is 4.79 Å². The zero-order valence-electron chi connectivity index (χ0n) is 12.7. The minimum Gasteiger partial charge on any atom is -0.481 e. The first-order chi connectivity index (χ1) is 9.97. The summed E-state index contributed by atoms with van der Waals surface area (Å²) in [7, 11) is 0. The number of carbonyl (C=O) groups is 2. The van der Waals surface area contributed by atoms with Crippen LogP contribution in [0.3, 0.4) is 0 Å². The van der Waals surface area contributed by atoms with Crippen molar-refractivity contribution in [1.29, 1.82) is 0 Å². The number of nitrogens with zero attached hydrogens (tertiary/aromatic N) is 2. The molecule has 6 heteroatoms. The Bertz CT molecular complexity index is 521. The molecule has 0 bridgehead atoms. The summed E-state index contributed by atoms with van der Waals surface area (Å²) < 4.78 is 5.17. The summed E-state index contributed by atoms with van der Waals surface area (Å²) in [6.07, 6.45) is 1.89. The molecule has 1 saturated heterocycles. The standard InChI is InChI=1S/C15H22N2O4/c1-4-10(5-2)12-6-13(21-16-12)14(18)17-7-9(3)11(8-17)15(19)20/h6,9-11H,4-5,7-8H2,1-3H3,(H,19,20)/t9-,11-/m1/s1. The second-order valence-corrected chi connectivity index (χ2v) is 5.76. The SMILES string of the molecule is CCC(CC)c1cc(C(=O)N2C[C@@H](C)[C@H](C(=O)O)C2)on1. The molecule has 0 radical (unpaired) electrons. The van der Waals surface area contributed by atoms with Gasteiger partial charge in [0.15, 0.2) is 0 Å². The Hall–Kier alpha value is -1.85. The summed E-state index contributed by atoms with van der Waals surface area (Å²) in [5.74, 6) is -1.18. The zero-order valence-corrected chi connectivity index (χ0v) is 12.7. The van der Waals surface area contributed by atoms with E-state index in [2.05, 4.69) is 19.0 Å². The van der Waals surface area contributed by atoms with Gasteiger partial charge in [0.05, 0.1) is 11.6 Å². The molecule has 116 valence electrons. The van der Waals surface area contributed by atoms with E-state index >= 15 is 0 Å². The lowest BCUT2D eigenvalue weighted by atomic mass is 9.99. The van der Waals surface area contributed by atoms with E-state index in [1.54, 1.807) is 11.0 Å². The highest BCUT2D eigenvalue weighted by Gasteiger charge is 2.38. The molecule has 6 nitrogen and oxygen atoms in total. The van der Waals surface area contributed by atoms with E-state index in [0.29, 0.717) is 12.5 Å². The van der Waals surface area contributed by atoms with Gasteiger partial charge in [-0.25, -0.2) is 0 Å². The molecular formula is C15H22N2O4. The maximum absolute atomic E-state index is 12.4. The van der Waals surface area contributed by atoms with Crippen molar-refractivity contribution >= 4 is 11.9 Å². The van der Waals surface area contributed by atoms with Crippen LogP contribution in [0.5, 0.6) is 0 Å². The van der Waals surface area contributed by atoms with Crippen LogP contribution in [0.15, 0.2) is 10.6 Å². The number of likely N-dealkylation sites (tertiary alicyclic amines) is 1. The molecular weight excluding hydrogens is 272 g/mol. The Balaban J connectivity index is 2.09. The van der Waals surface area contributed by atoms with Crippen LogP contribution in [0, 0.1) is 11.8 Å². The van der Waals surface area contributed by atoms with Crippen molar-refractivity contribution in [1.82, 2.24) is 10.1 Å². The molecule has 2 heterocycles. The molecule has 21 heavy (non-hydrogen) atoms.